The number of ether oxygens (including phenoxy) is 1. The second-order valence-electron chi connectivity index (χ2n) is 9.22. The molecule has 0 aliphatic carbocycles. The van der Waals surface area contributed by atoms with Crippen LogP contribution < -0.4 is 4.74 Å². The lowest BCUT2D eigenvalue weighted by Crippen LogP contribution is -2.01. The lowest BCUT2D eigenvalue weighted by atomic mass is 10.0. The quantitative estimate of drug-likeness (QED) is 0.281. The Kier molecular flexibility index (Phi) is 4.06. The van der Waals surface area contributed by atoms with Gasteiger partial charge in [0.15, 0.2) is 0 Å². The lowest BCUT2D eigenvalue weighted by molar-refractivity contribution is 0.469. The molecule has 0 N–H and O–H groups in total. The van der Waals surface area contributed by atoms with Crippen LogP contribution in [0.2, 0.25) is 0 Å². The van der Waals surface area contributed by atoms with E-state index in [-0.39, 0.29) is 5.92 Å². The van der Waals surface area contributed by atoms with E-state index in [1.165, 1.54) is 0 Å². The van der Waals surface area contributed by atoms with E-state index in [0.29, 0.717) is 0 Å². The van der Waals surface area contributed by atoms with Crippen LogP contribution in [0.25, 0.3) is 33.1 Å². The van der Waals surface area contributed by atoms with E-state index in [0.717, 1.165) is 74.6 Å². The van der Waals surface area contributed by atoms with Gasteiger partial charge < -0.3 is 4.74 Å². The minimum absolute atomic E-state index is 0.198. The van der Waals surface area contributed by atoms with Crippen molar-refractivity contribution in [3.63, 3.8) is 0 Å². The lowest BCUT2D eigenvalue weighted by Gasteiger charge is -2.16. The SMILES string of the molecule is CC(C)c1nc2c3ccccc3n3cc4nc3c2cc1Oc1cccc(c1)-n1ccc(n1)CC4. The molecule has 4 aromatic heterocycles. The molecule has 34 heavy (non-hydrogen) atoms. The van der Waals surface area contributed by atoms with Crippen molar-refractivity contribution in [3.8, 4) is 17.2 Å². The summed E-state index contributed by atoms with van der Waals surface area (Å²) < 4.78 is 10.6. The van der Waals surface area contributed by atoms with Gasteiger partial charge in [-0.3, -0.25) is 4.40 Å². The molecule has 1 aliphatic heterocycles. The van der Waals surface area contributed by atoms with Crippen molar-refractivity contribution in [2.75, 3.05) is 0 Å². The molecule has 0 spiro atoms. The van der Waals surface area contributed by atoms with E-state index in [1.807, 2.05) is 35.1 Å². The van der Waals surface area contributed by atoms with Crippen molar-refractivity contribution in [1.82, 2.24) is 24.1 Å². The molecule has 0 radical (unpaired) electrons. The number of fused-ring (bicyclic) bond motifs is 10. The normalized spacial score (nSPS) is 13.3. The van der Waals surface area contributed by atoms with Crippen molar-refractivity contribution in [3.05, 3.63) is 90.1 Å². The number of rotatable bonds is 1. The molecule has 0 atom stereocenters. The molecule has 0 fully saturated rings. The van der Waals surface area contributed by atoms with Crippen LogP contribution in [0, 0.1) is 0 Å². The molecule has 166 valence electrons. The van der Waals surface area contributed by atoms with Gasteiger partial charge in [0.25, 0.3) is 0 Å². The molecular weight excluding hydrogens is 422 g/mol. The molecular formula is C28H23N5O. The van der Waals surface area contributed by atoms with Crippen LogP contribution in [0.3, 0.4) is 0 Å². The molecule has 8 bridgehead atoms. The summed E-state index contributed by atoms with van der Waals surface area (Å²) in [6, 6.07) is 20.7. The Labute approximate surface area is 196 Å². The van der Waals surface area contributed by atoms with Crippen LogP contribution in [-0.4, -0.2) is 24.1 Å². The van der Waals surface area contributed by atoms with Gasteiger partial charge in [-0.1, -0.05) is 38.1 Å². The maximum Gasteiger partial charge on any atom is 0.149 e. The highest BCUT2D eigenvalue weighted by atomic mass is 16.5. The second kappa shape index (κ2) is 7.15. The highest BCUT2D eigenvalue weighted by molar-refractivity contribution is 6.10. The molecule has 5 heterocycles. The Hall–Kier alpha value is -4.19. The van der Waals surface area contributed by atoms with E-state index >= 15 is 0 Å². The van der Waals surface area contributed by atoms with Crippen molar-refractivity contribution in [2.24, 2.45) is 0 Å². The molecule has 2 aromatic carbocycles. The van der Waals surface area contributed by atoms with Crippen LogP contribution in [-0.2, 0) is 12.8 Å². The summed E-state index contributed by atoms with van der Waals surface area (Å²) in [6.07, 6.45) is 5.79. The highest BCUT2D eigenvalue weighted by Crippen LogP contribution is 2.37. The zero-order valence-electron chi connectivity index (χ0n) is 19.1. The first kappa shape index (κ1) is 19.3. The average Bonchev–Trinajstić information content (AvgIpc) is 3.50. The van der Waals surface area contributed by atoms with E-state index in [2.05, 4.69) is 60.8 Å². The number of aromatic nitrogens is 5. The van der Waals surface area contributed by atoms with E-state index in [1.54, 1.807) is 0 Å². The summed E-state index contributed by atoms with van der Waals surface area (Å²) in [6.45, 7) is 4.30. The standard InChI is InChI=1S/C28H23N5O/c1-17(2)26-25-15-23-27(30-26)22-8-3-4-9-24(22)32-16-19(29-28(23)32)11-10-18-12-13-33(31-18)20-6-5-7-21(14-20)34-25/h3-9,12-17H,10-11H2,1-2H3. The molecule has 0 amide bonds. The summed E-state index contributed by atoms with van der Waals surface area (Å²) in [5.74, 6) is 1.72. The van der Waals surface area contributed by atoms with Crippen molar-refractivity contribution in [2.45, 2.75) is 32.6 Å². The number of hydrogen-bond donors (Lipinski definition) is 0. The van der Waals surface area contributed by atoms with E-state index in [9.17, 15) is 0 Å². The minimum atomic E-state index is 0.198. The Bertz CT molecular complexity index is 1730. The Morgan fingerprint density at radius 3 is 2.68 bits per heavy atom. The summed E-state index contributed by atoms with van der Waals surface area (Å²) >= 11 is 0. The third-order valence-electron chi connectivity index (χ3n) is 6.57. The first-order chi connectivity index (χ1) is 16.6. The predicted molar refractivity (Wildman–Crippen MR) is 133 cm³/mol. The molecule has 1 aliphatic rings. The molecule has 0 unspecified atom stereocenters. The molecule has 7 rings (SSSR count). The van der Waals surface area contributed by atoms with Gasteiger partial charge in [0.1, 0.15) is 17.1 Å². The first-order valence-corrected chi connectivity index (χ1v) is 11.7. The largest absolute Gasteiger partial charge is 0.455 e. The Morgan fingerprint density at radius 1 is 0.882 bits per heavy atom. The van der Waals surface area contributed by atoms with Gasteiger partial charge in [-0.2, -0.15) is 5.10 Å². The van der Waals surface area contributed by atoms with Crippen LogP contribution in [0.5, 0.6) is 11.5 Å². The second-order valence-corrected chi connectivity index (χ2v) is 9.22. The van der Waals surface area contributed by atoms with Crippen LogP contribution in [0.1, 0.15) is 36.8 Å². The highest BCUT2D eigenvalue weighted by Gasteiger charge is 2.19. The zero-order chi connectivity index (χ0) is 22.8. The maximum atomic E-state index is 6.49. The smallest absolute Gasteiger partial charge is 0.149 e. The molecule has 0 saturated carbocycles. The summed E-state index contributed by atoms with van der Waals surface area (Å²) in [4.78, 5) is 10.2. The van der Waals surface area contributed by atoms with Gasteiger partial charge in [0.2, 0.25) is 0 Å². The number of imidazole rings is 1. The fraction of sp³-hybridized carbons (Fsp3) is 0.179. The number of benzene rings is 2. The van der Waals surface area contributed by atoms with Gasteiger partial charge in [-0.15, -0.1) is 0 Å². The van der Waals surface area contributed by atoms with Crippen LogP contribution in [0.15, 0.2) is 73.1 Å². The van der Waals surface area contributed by atoms with Crippen LogP contribution >= 0.6 is 0 Å². The van der Waals surface area contributed by atoms with Gasteiger partial charge in [0, 0.05) is 29.2 Å². The van der Waals surface area contributed by atoms with Crippen molar-refractivity contribution < 1.29 is 4.74 Å². The topological polar surface area (TPSA) is 57.2 Å². The van der Waals surface area contributed by atoms with Crippen molar-refractivity contribution in [1.29, 1.82) is 0 Å². The number of para-hydroxylation sites is 1. The fourth-order valence-electron chi connectivity index (χ4n) is 4.90. The number of aryl methyl sites for hydroxylation is 2. The zero-order valence-corrected chi connectivity index (χ0v) is 19.1. The summed E-state index contributed by atoms with van der Waals surface area (Å²) in [7, 11) is 0. The van der Waals surface area contributed by atoms with Crippen molar-refractivity contribution >= 4 is 27.5 Å². The fourth-order valence-corrected chi connectivity index (χ4v) is 4.90. The maximum absolute atomic E-state index is 6.49. The van der Waals surface area contributed by atoms with Crippen LogP contribution in [0.4, 0.5) is 0 Å². The number of nitrogens with zero attached hydrogens (tertiary/aromatic N) is 5. The summed E-state index contributed by atoms with van der Waals surface area (Å²) in [5.41, 5.74) is 6.96. The summed E-state index contributed by atoms with van der Waals surface area (Å²) in [5, 5.41) is 6.91. The number of hydrogen-bond acceptors (Lipinski definition) is 4. The molecule has 6 aromatic rings. The predicted octanol–water partition coefficient (Wildman–Crippen LogP) is 6.24. The molecule has 0 saturated heterocycles. The minimum Gasteiger partial charge on any atom is -0.455 e. The Morgan fingerprint density at radius 2 is 1.76 bits per heavy atom. The monoisotopic (exact) mass is 445 g/mol. The Balaban J connectivity index is 1.58. The molecule has 6 heteroatoms. The third-order valence-corrected chi connectivity index (χ3v) is 6.57. The average molecular weight is 446 g/mol. The first-order valence-electron chi connectivity index (χ1n) is 11.7. The van der Waals surface area contributed by atoms with E-state index in [4.69, 9.17) is 19.8 Å². The van der Waals surface area contributed by atoms with Gasteiger partial charge in [-0.05, 0) is 49.1 Å². The van der Waals surface area contributed by atoms with Gasteiger partial charge in [0.05, 0.1) is 33.8 Å². The van der Waals surface area contributed by atoms with E-state index < -0.39 is 0 Å². The number of pyridine rings is 2. The third kappa shape index (κ3) is 2.91. The molecule has 6 nitrogen and oxygen atoms in total. The van der Waals surface area contributed by atoms with Gasteiger partial charge >= 0.3 is 0 Å². The van der Waals surface area contributed by atoms with Gasteiger partial charge in [-0.25, -0.2) is 14.6 Å².